The van der Waals surface area contributed by atoms with Crippen molar-refractivity contribution in [2.75, 3.05) is 0 Å². The van der Waals surface area contributed by atoms with E-state index in [1.807, 2.05) is 17.5 Å². The molecule has 0 amide bonds. The standard InChI is InChI=1S/C4H3S.CN.Cu.Li/c1-2-4-5-3-1;1-2;;/h1-3H;;;/q2*-1;2*+1. The third-order valence-corrected chi connectivity index (χ3v) is 0.944. The van der Waals surface area contributed by atoms with E-state index in [0.717, 1.165) is 0 Å². The summed E-state index contributed by atoms with van der Waals surface area (Å²) in [5.74, 6) is 0. The Labute approximate surface area is 81.7 Å². The van der Waals surface area contributed by atoms with Crippen molar-refractivity contribution in [3.05, 3.63) is 29.5 Å². The Morgan fingerprint density at radius 3 is 2.11 bits per heavy atom. The molecule has 0 aliphatic heterocycles. The van der Waals surface area contributed by atoms with Crippen LogP contribution in [0.4, 0.5) is 0 Å². The van der Waals surface area contributed by atoms with E-state index in [2.05, 4.69) is 5.38 Å². The topological polar surface area (TPSA) is 23.8 Å². The predicted octanol–water partition coefficient (Wildman–Crippen LogP) is -1.35. The van der Waals surface area contributed by atoms with Crippen molar-refractivity contribution in [2.24, 2.45) is 0 Å². The molecule has 0 saturated carbocycles. The van der Waals surface area contributed by atoms with Crippen LogP contribution in [0.2, 0.25) is 0 Å². The molecule has 0 fully saturated rings. The molecule has 0 unspecified atom stereocenters. The molecule has 4 heteroatoms. The number of hydrogen-bond donors (Lipinski definition) is 0. The number of hydrogen-bond acceptors (Lipinski definition) is 2. The molecule has 1 aromatic heterocycles. The van der Waals surface area contributed by atoms with Crippen LogP contribution in [0, 0.1) is 17.2 Å². The quantitative estimate of drug-likeness (QED) is 0.357. The van der Waals surface area contributed by atoms with Gasteiger partial charge in [0, 0.05) is 0 Å². The van der Waals surface area contributed by atoms with E-state index in [-0.39, 0.29) is 35.9 Å². The fraction of sp³-hybridized carbons (Fsp3) is 0. The van der Waals surface area contributed by atoms with Crippen LogP contribution in [0.3, 0.4) is 0 Å². The Morgan fingerprint density at radius 2 is 2.00 bits per heavy atom. The molecule has 0 spiro atoms. The van der Waals surface area contributed by atoms with E-state index >= 15 is 0 Å². The molecule has 0 N–H and O–H groups in total. The van der Waals surface area contributed by atoms with Crippen molar-refractivity contribution in [2.45, 2.75) is 0 Å². The fourth-order valence-electron chi connectivity index (χ4n) is 0.196. The van der Waals surface area contributed by atoms with Gasteiger partial charge in [-0.1, -0.05) is 0 Å². The van der Waals surface area contributed by atoms with Crippen molar-refractivity contribution < 1.29 is 35.9 Å². The summed E-state index contributed by atoms with van der Waals surface area (Å²) < 4.78 is 0. The maximum atomic E-state index is 6.25. The second kappa shape index (κ2) is 15.7. The second-order valence-corrected chi connectivity index (χ2v) is 1.47. The first-order chi connectivity index (χ1) is 3.50. The predicted molar refractivity (Wildman–Crippen MR) is 28.1 cm³/mol. The molecule has 1 rings (SSSR count). The Morgan fingerprint density at radius 1 is 1.44 bits per heavy atom. The summed E-state index contributed by atoms with van der Waals surface area (Å²) in [7, 11) is 0. The molecule has 0 bridgehead atoms. The van der Waals surface area contributed by atoms with E-state index in [1.54, 1.807) is 11.3 Å². The summed E-state index contributed by atoms with van der Waals surface area (Å²) in [4.78, 5) is 0. The van der Waals surface area contributed by atoms with E-state index in [4.69, 9.17) is 11.8 Å². The number of rotatable bonds is 0. The third-order valence-electron chi connectivity index (χ3n) is 0.379. The van der Waals surface area contributed by atoms with Crippen LogP contribution < -0.4 is 18.9 Å². The average Bonchev–Trinajstić information content (AvgIpc) is 2.23. The Hall–Kier alpha value is 0.307. The summed E-state index contributed by atoms with van der Waals surface area (Å²) in [6.45, 7) is 4.75. The zero-order valence-corrected chi connectivity index (χ0v) is 6.65. The van der Waals surface area contributed by atoms with Crippen LogP contribution in [-0.2, 0) is 17.1 Å². The fourth-order valence-corrected chi connectivity index (χ4v) is 0.589. The van der Waals surface area contributed by atoms with Gasteiger partial charge in [0.15, 0.2) is 0 Å². The number of nitrogens with zero attached hydrogens (tertiary/aromatic N) is 1. The molecule has 0 aliphatic carbocycles. The molecular weight excluding hydrogens is 177 g/mol. The van der Waals surface area contributed by atoms with E-state index in [0.29, 0.717) is 0 Å². The molecule has 0 aromatic carbocycles. The summed E-state index contributed by atoms with van der Waals surface area (Å²) >= 11 is 1.59. The molecule has 1 aromatic rings. The molecule has 0 radical (unpaired) electrons. The van der Waals surface area contributed by atoms with Crippen molar-refractivity contribution >= 4 is 11.3 Å². The summed E-state index contributed by atoms with van der Waals surface area (Å²) in [6.07, 6.45) is 0. The maximum absolute atomic E-state index is 6.25. The third kappa shape index (κ3) is 11.7. The Kier molecular flexibility index (Phi) is 28.3. The molecular formula is C5H3CuLiNS. The van der Waals surface area contributed by atoms with Gasteiger partial charge in [0.1, 0.15) is 0 Å². The van der Waals surface area contributed by atoms with Gasteiger partial charge in [-0.3, -0.25) is 0 Å². The maximum Gasteiger partial charge on any atom is 1.00 e. The van der Waals surface area contributed by atoms with Crippen LogP contribution in [0.15, 0.2) is 17.5 Å². The minimum atomic E-state index is 0. The summed E-state index contributed by atoms with van der Waals surface area (Å²) in [5.41, 5.74) is 0. The van der Waals surface area contributed by atoms with Crippen molar-refractivity contribution in [1.82, 2.24) is 0 Å². The zero-order valence-electron chi connectivity index (χ0n) is 4.89. The van der Waals surface area contributed by atoms with Gasteiger partial charge in [-0.15, -0.1) is 5.38 Å². The molecule has 46 valence electrons. The van der Waals surface area contributed by atoms with Crippen molar-refractivity contribution in [3.63, 3.8) is 0 Å². The molecule has 0 saturated heterocycles. The molecule has 1 heterocycles. The summed E-state index contributed by atoms with van der Waals surface area (Å²) in [5, 5.41) is 11.1. The van der Waals surface area contributed by atoms with Gasteiger partial charge < -0.3 is 23.2 Å². The van der Waals surface area contributed by atoms with Gasteiger partial charge in [-0.2, -0.15) is 11.4 Å². The smallest absolute Gasteiger partial charge is 0.512 e. The average molecular weight is 180 g/mol. The van der Waals surface area contributed by atoms with Crippen LogP contribution in [0.25, 0.3) is 0 Å². The second-order valence-electron chi connectivity index (χ2n) is 0.731. The molecule has 0 atom stereocenters. The van der Waals surface area contributed by atoms with Crippen LogP contribution >= 0.6 is 11.3 Å². The largest absolute Gasteiger partial charge is 1.00 e. The van der Waals surface area contributed by atoms with E-state index in [9.17, 15) is 0 Å². The SMILES string of the molecule is [C-]#N.[Cu+].[Li+].[c-]1cccs1. The van der Waals surface area contributed by atoms with Crippen LogP contribution in [0.5, 0.6) is 0 Å². The minimum absolute atomic E-state index is 0. The normalized spacial score (nSPS) is 4.67. The first-order valence-electron chi connectivity index (χ1n) is 1.62. The monoisotopic (exact) mass is 179 g/mol. The van der Waals surface area contributed by atoms with Gasteiger partial charge >= 0.3 is 35.9 Å². The van der Waals surface area contributed by atoms with Gasteiger partial charge in [-0.25, -0.2) is 6.07 Å². The van der Waals surface area contributed by atoms with Gasteiger partial charge in [-0.05, 0) is 0 Å². The van der Waals surface area contributed by atoms with E-state index < -0.39 is 0 Å². The van der Waals surface area contributed by atoms with E-state index in [1.165, 1.54) is 0 Å². The van der Waals surface area contributed by atoms with Gasteiger partial charge in [0.25, 0.3) is 0 Å². The number of thiophene rings is 1. The molecule has 9 heavy (non-hydrogen) atoms. The van der Waals surface area contributed by atoms with Crippen LogP contribution in [0.1, 0.15) is 0 Å². The Bertz CT molecular complexity index is 101. The molecule has 1 nitrogen and oxygen atoms in total. The summed E-state index contributed by atoms with van der Waals surface area (Å²) in [6, 6.07) is 3.86. The first-order valence-corrected chi connectivity index (χ1v) is 2.50. The van der Waals surface area contributed by atoms with Crippen molar-refractivity contribution in [3.8, 4) is 0 Å². The molecule has 0 aliphatic rings. The van der Waals surface area contributed by atoms with Crippen molar-refractivity contribution in [1.29, 1.82) is 5.26 Å². The first kappa shape index (κ1) is 16.1. The van der Waals surface area contributed by atoms with Gasteiger partial charge in [0.2, 0.25) is 0 Å². The van der Waals surface area contributed by atoms with Gasteiger partial charge in [0.05, 0.1) is 0 Å². The zero-order chi connectivity index (χ0) is 5.54. The Balaban J connectivity index is -0.0000000836. The minimum Gasteiger partial charge on any atom is -0.512 e. The van der Waals surface area contributed by atoms with Crippen LogP contribution in [-0.4, -0.2) is 0 Å².